The molecule has 1 aliphatic carbocycles. The molecule has 2 fully saturated rings. The van der Waals surface area contributed by atoms with Crippen LogP contribution in [0.5, 0.6) is 0 Å². The third kappa shape index (κ3) is 5.92. The summed E-state index contributed by atoms with van der Waals surface area (Å²) in [6, 6.07) is 15.4. The van der Waals surface area contributed by atoms with Gasteiger partial charge in [-0.05, 0) is 48.1 Å². The maximum Gasteiger partial charge on any atom is 0.307 e. The summed E-state index contributed by atoms with van der Waals surface area (Å²) >= 11 is 0. The van der Waals surface area contributed by atoms with E-state index in [1.807, 2.05) is 47.4 Å². The van der Waals surface area contributed by atoms with Gasteiger partial charge in [-0.15, -0.1) is 0 Å². The summed E-state index contributed by atoms with van der Waals surface area (Å²) in [4.78, 5) is 42.9. The van der Waals surface area contributed by atoms with Crippen LogP contribution in [-0.4, -0.2) is 72.1 Å². The average Bonchev–Trinajstić information content (AvgIpc) is 2.96. The number of rotatable bonds is 7. The van der Waals surface area contributed by atoms with Gasteiger partial charge in [0, 0.05) is 38.3 Å². The Morgan fingerprint density at radius 3 is 2.37 bits per heavy atom. The predicted octanol–water partition coefficient (Wildman–Crippen LogP) is 3.27. The van der Waals surface area contributed by atoms with Gasteiger partial charge in [0.2, 0.25) is 5.91 Å². The number of hydrogen-bond acceptors (Lipinski definition) is 5. The van der Waals surface area contributed by atoms with Gasteiger partial charge in [0.05, 0.1) is 31.1 Å². The molecule has 1 saturated heterocycles. The maximum atomic E-state index is 13.7. The summed E-state index contributed by atoms with van der Waals surface area (Å²) in [5.74, 6) is -2.32. The van der Waals surface area contributed by atoms with Crippen LogP contribution in [-0.2, 0) is 27.3 Å². The number of nitrogens with one attached hydrogen (secondary N) is 1. The van der Waals surface area contributed by atoms with Crippen molar-refractivity contribution in [3.63, 3.8) is 0 Å². The first kappa shape index (κ1) is 26.4. The Morgan fingerprint density at radius 1 is 0.921 bits per heavy atom. The van der Waals surface area contributed by atoms with Crippen molar-refractivity contribution in [3.05, 3.63) is 70.8 Å². The molecule has 0 aromatic heterocycles. The van der Waals surface area contributed by atoms with E-state index in [0.717, 1.165) is 63.2 Å². The molecule has 0 bridgehead atoms. The van der Waals surface area contributed by atoms with Crippen LogP contribution in [0.4, 0.5) is 0 Å². The van der Waals surface area contributed by atoms with E-state index < -0.39 is 17.8 Å². The summed E-state index contributed by atoms with van der Waals surface area (Å²) in [6.45, 7) is 4.96. The van der Waals surface area contributed by atoms with Crippen LogP contribution in [0.2, 0.25) is 0 Å². The van der Waals surface area contributed by atoms with Gasteiger partial charge < -0.3 is 20.1 Å². The van der Waals surface area contributed by atoms with E-state index in [1.54, 1.807) is 0 Å². The van der Waals surface area contributed by atoms with Crippen LogP contribution in [0.1, 0.15) is 58.8 Å². The second-order valence-corrected chi connectivity index (χ2v) is 10.6. The number of amides is 2. The van der Waals surface area contributed by atoms with Crippen LogP contribution < -0.4 is 5.32 Å². The zero-order valence-electron chi connectivity index (χ0n) is 21.8. The van der Waals surface area contributed by atoms with Crippen molar-refractivity contribution in [2.45, 2.75) is 44.7 Å². The van der Waals surface area contributed by atoms with Crippen molar-refractivity contribution in [1.82, 2.24) is 15.1 Å². The Morgan fingerprint density at radius 2 is 1.63 bits per heavy atom. The molecule has 8 heteroatoms. The molecule has 2 N–H and O–H groups in total. The van der Waals surface area contributed by atoms with E-state index in [0.29, 0.717) is 24.9 Å². The van der Waals surface area contributed by atoms with Crippen molar-refractivity contribution in [1.29, 1.82) is 0 Å². The first-order valence-corrected chi connectivity index (χ1v) is 13.8. The van der Waals surface area contributed by atoms with Crippen molar-refractivity contribution >= 4 is 17.8 Å². The summed E-state index contributed by atoms with van der Waals surface area (Å²) in [5, 5.41) is 12.8. The molecule has 2 heterocycles. The highest BCUT2D eigenvalue weighted by Gasteiger charge is 2.41. The van der Waals surface area contributed by atoms with Crippen molar-refractivity contribution in [2.24, 2.45) is 11.8 Å². The molecule has 38 heavy (non-hydrogen) atoms. The number of carboxylic acid groups (broad SMARTS) is 1. The fourth-order valence-electron chi connectivity index (χ4n) is 6.14. The van der Waals surface area contributed by atoms with Gasteiger partial charge in [0.15, 0.2) is 0 Å². The highest BCUT2D eigenvalue weighted by atomic mass is 16.5. The van der Waals surface area contributed by atoms with Gasteiger partial charge in [0.25, 0.3) is 5.91 Å². The minimum atomic E-state index is -0.887. The Balaban J connectivity index is 1.28. The molecule has 0 spiro atoms. The molecule has 1 saturated carbocycles. The minimum absolute atomic E-state index is 0.0988. The molecule has 2 amide bonds. The third-order valence-corrected chi connectivity index (χ3v) is 8.28. The van der Waals surface area contributed by atoms with Crippen LogP contribution in [0.3, 0.4) is 0 Å². The lowest BCUT2D eigenvalue weighted by Gasteiger charge is -2.41. The van der Waals surface area contributed by atoms with Gasteiger partial charge in [0.1, 0.15) is 0 Å². The first-order valence-electron chi connectivity index (χ1n) is 13.8. The lowest BCUT2D eigenvalue weighted by molar-refractivity contribution is -0.153. The molecule has 202 valence electrons. The molecule has 3 atom stereocenters. The summed E-state index contributed by atoms with van der Waals surface area (Å²) in [5.41, 5.74) is 3.93. The Labute approximate surface area is 224 Å². The van der Waals surface area contributed by atoms with Gasteiger partial charge in [-0.2, -0.15) is 0 Å². The van der Waals surface area contributed by atoms with E-state index in [-0.39, 0.29) is 24.4 Å². The highest BCUT2D eigenvalue weighted by Crippen LogP contribution is 2.36. The summed E-state index contributed by atoms with van der Waals surface area (Å²) in [6.07, 6.45) is 3.58. The number of benzene rings is 2. The van der Waals surface area contributed by atoms with Gasteiger partial charge in [-0.3, -0.25) is 19.3 Å². The van der Waals surface area contributed by atoms with E-state index >= 15 is 0 Å². The largest absolute Gasteiger partial charge is 0.481 e. The lowest BCUT2D eigenvalue weighted by atomic mass is 9.77. The van der Waals surface area contributed by atoms with Gasteiger partial charge in [-0.25, -0.2) is 0 Å². The minimum Gasteiger partial charge on any atom is -0.481 e. The van der Waals surface area contributed by atoms with Crippen LogP contribution >= 0.6 is 0 Å². The number of carbonyl (C=O) groups is 3. The average molecular weight is 520 g/mol. The monoisotopic (exact) mass is 519 g/mol. The number of fused-ring (bicyclic) bond motifs is 1. The van der Waals surface area contributed by atoms with Crippen molar-refractivity contribution < 1.29 is 24.2 Å². The standard InChI is InChI=1S/C30H37N3O5/c34-28(23-11-9-21(10-12-23)20-32-15-17-38-18-16-32)31-19-27-24-6-2-1-5-22(24)13-14-33(27)29(35)25-7-3-4-8-26(25)30(36)37/h1-2,5-6,9-12,25-27H,3-4,7-8,13-20H2,(H,31,34)(H,36,37)/t25-,26+,27-/m1/s1. The van der Waals surface area contributed by atoms with E-state index in [4.69, 9.17) is 4.74 Å². The number of ether oxygens (including phenoxy) is 1. The number of morpholine rings is 1. The topological polar surface area (TPSA) is 99.2 Å². The van der Waals surface area contributed by atoms with Gasteiger partial charge in [-0.1, -0.05) is 49.2 Å². The van der Waals surface area contributed by atoms with E-state index in [1.165, 1.54) is 5.56 Å². The Kier molecular flexibility index (Phi) is 8.39. The number of hydrogen-bond donors (Lipinski definition) is 2. The van der Waals surface area contributed by atoms with E-state index in [9.17, 15) is 19.5 Å². The predicted molar refractivity (Wildman–Crippen MR) is 143 cm³/mol. The zero-order valence-corrected chi connectivity index (χ0v) is 21.8. The number of aliphatic carboxylic acids is 1. The van der Waals surface area contributed by atoms with Crippen LogP contribution in [0.15, 0.2) is 48.5 Å². The molecule has 8 nitrogen and oxygen atoms in total. The fourth-order valence-corrected chi connectivity index (χ4v) is 6.14. The highest BCUT2D eigenvalue weighted by molar-refractivity contribution is 5.94. The zero-order chi connectivity index (χ0) is 26.5. The molecule has 5 rings (SSSR count). The Hall–Kier alpha value is -3.23. The second-order valence-electron chi connectivity index (χ2n) is 10.6. The summed E-state index contributed by atoms with van der Waals surface area (Å²) < 4.78 is 5.41. The molecule has 2 aliphatic heterocycles. The van der Waals surface area contributed by atoms with Gasteiger partial charge >= 0.3 is 5.97 Å². The quantitative estimate of drug-likeness (QED) is 0.583. The van der Waals surface area contributed by atoms with E-state index in [2.05, 4.69) is 16.3 Å². The Bertz CT molecular complexity index is 1140. The van der Waals surface area contributed by atoms with Crippen molar-refractivity contribution in [3.8, 4) is 0 Å². The smallest absolute Gasteiger partial charge is 0.307 e. The third-order valence-electron chi connectivity index (χ3n) is 8.28. The number of carboxylic acids is 1. The fraction of sp³-hybridized carbons (Fsp3) is 0.500. The summed E-state index contributed by atoms with van der Waals surface area (Å²) in [7, 11) is 0. The van der Waals surface area contributed by atoms with Crippen LogP contribution in [0.25, 0.3) is 0 Å². The maximum absolute atomic E-state index is 13.7. The molecule has 0 unspecified atom stereocenters. The molecular weight excluding hydrogens is 482 g/mol. The lowest BCUT2D eigenvalue weighted by Crippen LogP contribution is -2.49. The molecule has 3 aliphatic rings. The second kappa shape index (κ2) is 12.1. The number of nitrogens with zero attached hydrogens (tertiary/aromatic N) is 2. The molecule has 2 aromatic carbocycles. The van der Waals surface area contributed by atoms with Crippen molar-refractivity contribution in [2.75, 3.05) is 39.4 Å². The molecule has 2 aromatic rings. The molecular formula is C30H37N3O5. The number of carbonyl (C=O) groups excluding carboxylic acids is 2. The SMILES string of the molecule is O=C(NC[C@@H]1c2ccccc2CCN1C(=O)[C@@H]1CCCC[C@@H]1C(=O)O)c1ccc(CN2CCOCC2)cc1. The molecule has 0 radical (unpaired) electrons. The van der Waals surface area contributed by atoms with Crippen LogP contribution in [0, 0.1) is 11.8 Å². The normalized spacial score (nSPS) is 23.9. The first-order chi connectivity index (χ1) is 18.5.